The molecule has 0 saturated carbocycles. The van der Waals surface area contributed by atoms with Gasteiger partial charge in [-0.1, -0.05) is 0 Å². The maximum atomic E-state index is 12.0. The lowest BCUT2D eigenvalue weighted by Crippen LogP contribution is -2.23. The summed E-state index contributed by atoms with van der Waals surface area (Å²) in [6, 6.07) is 11.3. The van der Waals surface area contributed by atoms with Crippen LogP contribution in [-0.4, -0.2) is 24.3 Å². The zero-order valence-electron chi connectivity index (χ0n) is 13.7. The number of esters is 1. The standard InChI is InChI=1S/C19H16N2O3S/c1-12-4-9-15(25-12)11-16-19(23)24-18(20-16)13-5-7-14(8-6-13)21-10-2-3-17(21)22/h4-9,11H,2-3,10H2,1H3/b16-11-. The minimum atomic E-state index is -0.445. The van der Waals surface area contributed by atoms with Gasteiger partial charge in [-0.2, -0.15) is 0 Å². The van der Waals surface area contributed by atoms with Gasteiger partial charge < -0.3 is 9.64 Å². The number of carbonyl (C=O) groups is 2. The van der Waals surface area contributed by atoms with Crippen molar-refractivity contribution in [2.75, 3.05) is 11.4 Å². The Hall–Kier alpha value is -2.73. The molecule has 5 nitrogen and oxygen atoms in total. The van der Waals surface area contributed by atoms with Gasteiger partial charge in [0.15, 0.2) is 5.70 Å². The third-order valence-electron chi connectivity index (χ3n) is 4.16. The van der Waals surface area contributed by atoms with Gasteiger partial charge in [0, 0.05) is 34.0 Å². The Labute approximate surface area is 149 Å². The van der Waals surface area contributed by atoms with Crippen LogP contribution < -0.4 is 4.90 Å². The van der Waals surface area contributed by atoms with Gasteiger partial charge in [-0.15, -0.1) is 11.3 Å². The number of aryl methyl sites for hydroxylation is 1. The van der Waals surface area contributed by atoms with Crippen LogP contribution >= 0.6 is 11.3 Å². The first-order valence-electron chi connectivity index (χ1n) is 8.10. The second-order valence-electron chi connectivity index (χ2n) is 5.98. The minimum absolute atomic E-state index is 0.147. The van der Waals surface area contributed by atoms with E-state index in [2.05, 4.69) is 4.99 Å². The van der Waals surface area contributed by atoms with Crippen LogP contribution in [0.2, 0.25) is 0 Å². The summed E-state index contributed by atoms with van der Waals surface area (Å²) in [5.74, 6) is -0.00229. The highest BCUT2D eigenvalue weighted by Crippen LogP contribution is 2.25. The van der Waals surface area contributed by atoms with Crippen molar-refractivity contribution in [3.63, 3.8) is 0 Å². The van der Waals surface area contributed by atoms with E-state index >= 15 is 0 Å². The third kappa shape index (κ3) is 3.13. The molecule has 2 aromatic rings. The van der Waals surface area contributed by atoms with Crippen LogP contribution in [0.25, 0.3) is 6.08 Å². The first-order chi connectivity index (χ1) is 12.1. The van der Waals surface area contributed by atoms with Gasteiger partial charge in [0.1, 0.15) is 0 Å². The average Bonchev–Trinajstić information content (AvgIpc) is 3.30. The van der Waals surface area contributed by atoms with Crippen molar-refractivity contribution in [2.45, 2.75) is 19.8 Å². The number of hydrogen-bond acceptors (Lipinski definition) is 5. The molecular formula is C19H16N2O3S. The number of aliphatic imine (C=N–C) groups is 1. The molecule has 0 spiro atoms. The van der Waals surface area contributed by atoms with Crippen LogP contribution in [0.1, 0.15) is 28.2 Å². The molecule has 2 aliphatic rings. The van der Waals surface area contributed by atoms with E-state index in [0.29, 0.717) is 18.0 Å². The van der Waals surface area contributed by atoms with Crippen molar-refractivity contribution in [2.24, 2.45) is 4.99 Å². The van der Waals surface area contributed by atoms with Gasteiger partial charge in [0.05, 0.1) is 0 Å². The van der Waals surface area contributed by atoms with Crippen molar-refractivity contribution >= 4 is 40.9 Å². The lowest BCUT2D eigenvalue weighted by atomic mass is 10.2. The molecule has 4 rings (SSSR count). The molecule has 126 valence electrons. The summed E-state index contributed by atoms with van der Waals surface area (Å²) in [6.45, 7) is 2.77. The van der Waals surface area contributed by atoms with Crippen molar-refractivity contribution in [3.05, 3.63) is 57.4 Å². The monoisotopic (exact) mass is 352 g/mol. The van der Waals surface area contributed by atoms with Crippen LogP contribution in [0.15, 0.2) is 47.1 Å². The summed E-state index contributed by atoms with van der Waals surface area (Å²) >= 11 is 1.60. The molecular weight excluding hydrogens is 336 g/mol. The van der Waals surface area contributed by atoms with Gasteiger partial charge in [-0.3, -0.25) is 4.79 Å². The molecule has 0 radical (unpaired) electrons. The minimum Gasteiger partial charge on any atom is -0.402 e. The summed E-state index contributed by atoms with van der Waals surface area (Å²) in [4.78, 5) is 32.1. The number of benzene rings is 1. The summed E-state index contributed by atoms with van der Waals surface area (Å²) in [7, 11) is 0. The fourth-order valence-corrected chi connectivity index (χ4v) is 3.72. The van der Waals surface area contributed by atoms with E-state index in [1.54, 1.807) is 22.3 Å². The largest absolute Gasteiger partial charge is 0.402 e. The van der Waals surface area contributed by atoms with E-state index in [1.807, 2.05) is 43.3 Å². The van der Waals surface area contributed by atoms with Gasteiger partial charge >= 0.3 is 5.97 Å². The number of hydrogen-bond donors (Lipinski definition) is 0. The van der Waals surface area contributed by atoms with Crippen molar-refractivity contribution < 1.29 is 14.3 Å². The Bertz CT molecular complexity index is 909. The molecule has 0 N–H and O–H groups in total. The van der Waals surface area contributed by atoms with E-state index in [1.165, 1.54) is 4.88 Å². The second-order valence-corrected chi connectivity index (χ2v) is 7.30. The van der Waals surface area contributed by atoms with Gasteiger partial charge in [0.25, 0.3) is 0 Å². The Kier molecular flexibility index (Phi) is 3.97. The number of rotatable bonds is 3. The highest BCUT2D eigenvalue weighted by atomic mass is 32.1. The summed E-state index contributed by atoms with van der Waals surface area (Å²) in [5.41, 5.74) is 1.88. The average molecular weight is 352 g/mol. The number of cyclic esters (lactones) is 1. The molecule has 2 aliphatic heterocycles. The Balaban J connectivity index is 1.57. The van der Waals surface area contributed by atoms with E-state index in [0.717, 1.165) is 29.1 Å². The molecule has 1 aromatic heterocycles. The number of thiophene rings is 1. The molecule has 3 heterocycles. The number of ether oxygens (including phenoxy) is 1. The van der Waals surface area contributed by atoms with Crippen LogP contribution in [-0.2, 0) is 14.3 Å². The Morgan fingerprint density at radius 1 is 1.16 bits per heavy atom. The zero-order chi connectivity index (χ0) is 17.4. The van der Waals surface area contributed by atoms with E-state index in [-0.39, 0.29) is 5.91 Å². The Morgan fingerprint density at radius 2 is 1.96 bits per heavy atom. The highest BCUT2D eigenvalue weighted by Gasteiger charge is 2.25. The lowest BCUT2D eigenvalue weighted by molar-refractivity contribution is -0.130. The van der Waals surface area contributed by atoms with Crippen LogP contribution in [0.4, 0.5) is 5.69 Å². The number of anilines is 1. The van der Waals surface area contributed by atoms with Crippen LogP contribution in [0.3, 0.4) is 0 Å². The zero-order valence-corrected chi connectivity index (χ0v) is 14.5. The van der Waals surface area contributed by atoms with Crippen LogP contribution in [0.5, 0.6) is 0 Å². The number of nitrogens with zero attached hydrogens (tertiary/aromatic N) is 2. The first kappa shape index (κ1) is 15.8. The summed E-state index contributed by atoms with van der Waals surface area (Å²) in [6.07, 6.45) is 3.23. The summed E-state index contributed by atoms with van der Waals surface area (Å²) < 4.78 is 5.29. The fourth-order valence-electron chi connectivity index (χ4n) is 2.90. The third-order valence-corrected chi connectivity index (χ3v) is 5.11. The molecule has 1 fully saturated rings. The van der Waals surface area contributed by atoms with Gasteiger partial charge in [0.2, 0.25) is 11.8 Å². The van der Waals surface area contributed by atoms with Crippen molar-refractivity contribution in [1.29, 1.82) is 0 Å². The lowest BCUT2D eigenvalue weighted by Gasteiger charge is -2.15. The molecule has 25 heavy (non-hydrogen) atoms. The molecule has 0 aliphatic carbocycles. The SMILES string of the molecule is Cc1ccc(/C=C2\N=C(c3ccc(N4CCCC4=O)cc3)OC2=O)s1. The van der Waals surface area contributed by atoms with Crippen LogP contribution in [0, 0.1) is 6.92 Å². The molecule has 6 heteroatoms. The first-order valence-corrected chi connectivity index (χ1v) is 8.91. The molecule has 1 saturated heterocycles. The summed E-state index contributed by atoms with van der Waals surface area (Å²) in [5, 5.41) is 0. The Morgan fingerprint density at radius 3 is 2.60 bits per heavy atom. The highest BCUT2D eigenvalue weighted by molar-refractivity contribution is 7.12. The van der Waals surface area contributed by atoms with Crippen molar-refractivity contribution in [3.8, 4) is 0 Å². The molecule has 0 atom stereocenters. The predicted octanol–water partition coefficient (Wildman–Crippen LogP) is 3.53. The maximum Gasteiger partial charge on any atom is 0.363 e. The normalized spacial score (nSPS) is 18.8. The fraction of sp³-hybridized carbons (Fsp3) is 0.211. The van der Waals surface area contributed by atoms with Gasteiger partial charge in [-0.25, -0.2) is 9.79 Å². The molecule has 0 bridgehead atoms. The van der Waals surface area contributed by atoms with E-state index in [4.69, 9.17) is 4.74 Å². The van der Waals surface area contributed by atoms with E-state index in [9.17, 15) is 9.59 Å². The number of amides is 1. The van der Waals surface area contributed by atoms with Gasteiger partial charge in [-0.05, 0) is 55.8 Å². The molecule has 0 unspecified atom stereocenters. The second kappa shape index (κ2) is 6.29. The van der Waals surface area contributed by atoms with Crippen molar-refractivity contribution in [1.82, 2.24) is 0 Å². The topological polar surface area (TPSA) is 59.0 Å². The number of carbonyl (C=O) groups excluding carboxylic acids is 2. The molecule has 1 aromatic carbocycles. The van der Waals surface area contributed by atoms with E-state index < -0.39 is 5.97 Å². The predicted molar refractivity (Wildman–Crippen MR) is 97.7 cm³/mol. The smallest absolute Gasteiger partial charge is 0.363 e. The maximum absolute atomic E-state index is 12.0. The molecule has 1 amide bonds. The quantitative estimate of drug-likeness (QED) is 0.627.